The van der Waals surface area contributed by atoms with Crippen molar-refractivity contribution in [1.29, 1.82) is 0 Å². The van der Waals surface area contributed by atoms with Crippen LogP contribution in [0.1, 0.15) is 37.0 Å². The maximum atomic E-state index is 12.4. The van der Waals surface area contributed by atoms with E-state index in [1.807, 2.05) is 18.3 Å². The number of halogens is 2. The number of nitrogens with one attached hydrogen (secondary N) is 1. The molecule has 1 amide bonds. The van der Waals surface area contributed by atoms with Gasteiger partial charge in [-0.15, -0.1) is 0 Å². The second kappa shape index (κ2) is 9.21. The molecule has 0 atom stereocenters. The zero-order chi connectivity index (χ0) is 21.7. The quantitative estimate of drug-likeness (QED) is 0.684. The number of aliphatic hydroxyl groups excluding tert-OH is 1. The van der Waals surface area contributed by atoms with Crippen LogP contribution in [0.2, 0.25) is 0 Å². The van der Waals surface area contributed by atoms with Crippen molar-refractivity contribution >= 4 is 17.1 Å². The van der Waals surface area contributed by atoms with E-state index in [-0.39, 0.29) is 12.5 Å². The SMILES string of the molecule is CC(C)(CO)NC(=O)c1cnn2ccc(N3CCCC3)cc12.Fc1ccc(F)cc1. The minimum Gasteiger partial charge on any atom is -0.394 e. The third kappa shape index (κ3) is 5.33. The molecule has 1 aliphatic heterocycles. The summed E-state index contributed by atoms with van der Waals surface area (Å²) < 4.78 is 25.5. The van der Waals surface area contributed by atoms with Gasteiger partial charge in [-0.2, -0.15) is 5.10 Å². The van der Waals surface area contributed by atoms with Crippen molar-refractivity contribution in [2.75, 3.05) is 24.6 Å². The monoisotopic (exact) mass is 416 g/mol. The minimum atomic E-state index is -0.655. The van der Waals surface area contributed by atoms with Gasteiger partial charge in [-0.05, 0) is 63.1 Å². The maximum Gasteiger partial charge on any atom is 0.255 e. The number of fused-ring (bicyclic) bond motifs is 1. The number of rotatable bonds is 4. The number of hydrogen-bond acceptors (Lipinski definition) is 4. The highest BCUT2D eigenvalue weighted by Crippen LogP contribution is 2.23. The number of carbonyl (C=O) groups is 1. The van der Waals surface area contributed by atoms with Crippen molar-refractivity contribution in [3.8, 4) is 0 Å². The van der Waals surface area contributed by atoms with Gasteiger partial charge in [0.2, 0.25) is 0 Å². The van der Waals surface area contributed by atoms with Crippen LogP contribution in [0.3, 0.4) is 0 Å². The first-order chi connectivity index (χ1) is 14.3. The van der Waals surface area contributed by atoms with Crippen LogP contribution in [-0.4, -0.2) is 45.9 Å². The fraction of sp³-hybridized carbons (Fsp3) is 0.364. The van der Waals surface area contributed by atoms with Crippen LogP contribution in [0.4, 0.5) is 14.5 Å². The Labute approximate surface area is 174 Å². The van der Waals surface area contributed by atoms with Gasteiger partial charge in [0.25, 0.3) is 5.91 Å². The third-order valence-corrected chi connectivity index (χ3v) is 4.87. The smallest absolute Gasteiger partial charge is 0.255 e. The summed E-state index contributed by atoms with van der Waals surface area (Å²) in [7, 11) is 0. The molecule has 1 fully saturated rings. The Morgan fingerprint density at radius 1 is 1.13 bits per heavy atom. The average molecular weight is 416 g/mol. The number of hydrogen-bond donors (Lipinski definition) is 2. The third-order valence-electron chi connectivity index (χ3n) is 4.87. The molecule has 4 rings (SSSR count). The van der Waals surface area contributed by atoms with Crippen molar-refractivity contribution in [1.82, 2.24) is 14.9 Å². The largest absolute Gasteiger partial charge is 0.394 e. The topological polar surface area (TPSA) is 69.9 Å². The molecule has 0 aliphatic carbocycles. The summed E-state index contributed by atoms with van der Waals surface area (Å²) in [6.45, 7) is 5.57. The van der Waals surface area contributed by atoms with Gasteiger partial charge >= 0.3 is 0 Å². The Hall–Kier alpha value is -3.00. The number of carbonyl (C=O) groups excluding carboxylic acids is 1. The van der Waals surface area contributed by atoms with Gasteiger partial charge in [-0.3, -0.25) is 4.79 Å². The van der Waals surface area contributed by atoms with Crippen LogP contribution in [0, 0.1) is 11.6 Å². The summed E-state index contributed by atoms with van der Waals surface area (Å²) in [6, 6.07) is 8.36. The molecule has 0 bridgehead atoms. The van der Waals surface area contributed by atoms with Gasteiger partial charge in [0.05, 0.1) is 29.4 Å². The first-order valence-electron chi connectivity index (χ1n) is 9.86. The molecular formula is C22H26F2N4O2. The molecule has 3 aromatic rings. The van der Waals surface area contributed by atoms with Gasteiger partial charge in [0.15, 0.2) is 0 Å². The lowest BCUT2D eigenvalue weighted by molar-refractivity contribution is 0.0871. The highest BCUT2D eigenvalue weighted by atomic mass is 19.1. The van der Waals surface area contributed by atoms with Gasteiger partial charge in [0.1, 0.15) is 11.6 Å². The fourth-order valence-electron chi connectivity index (χ4n) is 3.16. The first-order valence-corrected chi connectivity index (χ1v) is 9.86. The normalized spacial score (nSPS) is 13.8. The van der Waals surface area contributed by atoms with Crippen molar-refractivity contribution in [2.45, 2.75) is 32.2 Å². The van der Waals surface area contributed by atoms with Crippen molar-refractivity contribution < 1.29 is 18.7 Å². The van der Waals surface area contributed by atoms with Crippen molar-refractivity contribution in [3.05, 3.63) is 66.0 Å². The molecule has 2 aromatic heterocycles. The standard InChI is InChI=1S/C16H22N4O2.C6H4F2/c1-16(2,11-21)18-15(22)13-10-17-20-8-5-12(9-14(13)20)19-6-3-4-7-19;7-5-1-2-6(8)4-3-5/h5,8-10,21H,3-4,6-7,11H2,1-2H3,(H,18,22);1-4H. The molecule has 0 radical (unpaired) electrons. The molecule has 3 heterocycles. The summed E-state index contributed by atoms with van der Waals surface area (Å²) in [5.41, 5.74) is 1.79. The van der Waals surface area contributed by atoms with Gasteiger partial charge in [0, 0.05) is 25.0 Å². The molecule has 160 valence electrons. The maximum absolute atomic E-state index is 12.4. The molecular weight excluding hydrogens is 390 g/mol. The Morgan fingerprint density at radius 3 is 2.30 bits per heavy atom. The van der Waals surface area contributed by atoms with E-state index in [0.29, 0.717) is 5.56 Å². The predicted molar refractivity (Wildman–Crippen MR) is 112 cm³/mol. The molecule has 8 heteroatoms. The van der Waals surface area contributed by atoms with E-state index in [4.69, 9.17) is 0 Å². The lowest BCUT2D eigenvalue weighted by atomic mass is 10.1. The van der Waals surface area contributed by atoms with Crippen LogP contribution in [0.15, 0.2) is 48.8 Å². The zero-order valence-corrected chi connectivity index (χ0v) is 17.1. The number of aliphatic hydroxyl groups is 1. The highest BCUT2D eigenvalue weighted by molar-refractivity contribution is 6.01. The highest BCUT2D eigenvalue weighted by Gasteiger charge is 2.23. The van der Waals surface area contributed by atoms with Crippen LogP contribution in [0.5, 0.6) is 0 Å². The predicted octanol–water partition coefficient (Wildman–Crippen LogP) is 3.40. The minimum absolute atomic E-state index is 0.114. The summed E-state index contributed by atoms with van der Waals surface area (Å²) in [5, 5.41) is 16.4. The number of amides is 1. The lowest BCUT2D eigenvalue weighted by Crippen LogP contribution is -2.46. The van der Waals surface area contributed by atoms with Crippen LogP contribution in [-0.2, 0) is 0 Å². The Balaban J connectivity index is 0.000000269. The van der Waals surface area contributed by atoms with E-state index in [2.05, 4.69) is 15.3 Å². The molecule has 0 unspecified atom stereocenters. The second-order valence-corrected chi connectivity index (χ2v) is 7.90. The number of benzene rings is 1. The molecule has 1 aromatic carbocycles. The number of pyridine rings is 1. The lowest BCUT2D eigenvalue weighted by Gasteiger charge is -2.23. The van der Waals surface area contributed by atoms with Crippen molar-refractivity contribution in [3.63, 3.8) is 0 Å². The number of aromatic nitrogens is 2. The molecule has 1 saturated heterocycles. The van der Waals surface area contributed by atoms with Crippen molar-refractivity contribution in [2.24, 2.45) is 0 Å². The average Bonchev–Trinajstić information content (AvgIpc) is 3.39. The zero-order valence-electron chi connectivity index (χ0n) is 17.1. The Bertz CT molecular complexity index is 975. The summed E-state index contributed by atoms with van der Waals surface area (Å²) in [5.74, 6) is -1.04. The van der Waals surface area contributed by atoms with E-state index in [1.165, 1.54) is 12.8 Å². The number of nitrogens with zero attached hydrogens (tertiary/aromatic N) is 3. The van der Waals surface area contributed by atoms with Gasteiger partial charge in [-0.1, -0.05) is 0 Å². The first kappa shape index (κ1) is 21.7. The Morgan fingerprint density at radius 2 is 1.73 bits per heavy atom. The molecule has 1 aliphatic rings. The van der Waals surface area contributed by atoms with E-state index < -0.39 is 17.2 Å². The number of anilines is 1. The van der Waals surface area contributed by atoms with Gasteiger partial charge in [-0.25, -0.2) is 13.3 Å². The fourth-order valence-corrected chi connectivity index (χ4v) is 3.16. The van der Waals surface area contributed by atoms with E-state index >= 15 is 0 Å². The summed E-state index contributed by atoms with van der Waals surface area (Å²) in [4.78, 5) is 14.8. The van der Waals surface area contributed by atoms with E-state index in [9.17, 15) is 18.7 Å². The molecule has 0 saturated carbocycles. The van der Waals surface area contributed by atoms with Crippen LogP contribution >= 0.6 is 0 Å². The molecule has 30 heavy (non-hydrogen) atoms. The molecule has 6 nitrogen and oxygen atoms in total. The van der Waals surface area contributed by atoms with E-state index in [0.717, 1.165) is 48.6 Å². The molecule has 0 spiro atoms. The van der Waals surface area contributed by atoms with E-state index in [1.54, 1.807) is 24.6 Å². The summed E-state index contributed by atoms with van der Waals surface area (Å²) >= 11 is 0. The molecule has 2 N–H and O–H groups in total. The summed E-state index contributed by atoms with van der Waals surface area (Å²) in [6.07, 6.45) is 5.88. The Kier molecular flexibility index (Phi) is 6.66. The van der Waals surface area contributed by atoms with Crippen LogP contribution in [0.25, 0.3) is 5.52 Å². The second-order valence-electron chi connectivity index (χ2n) is 7.90. The van der Waals surface area contributed by atoms with Gasteiger partial charge < -0.3 is 15.3 Å². The van der Waals surface area contributed by atoms with Crippen LogP contribution < -0.4 is 10.2 Å².